The Morgan fingerprint density at radius 2 is 1.96 bits per heavy atom. The highest BCUT2D eigenvalue weighted by Crippen LogP contribution is 2.25. The lowest BCUT2D eigenvalue weighted by atomic mass is 9.93. The van der Waals surface area contributed by atoms with Crippen LogP contribution in [0.15, 0.2) is 39.9 Å². The molecule has 0 aromatic carbocycles. The molecule has 0 saturated heterocycles. The molecule has 7 nitrogen and oxygen atoms in total. The van der Waals surface area contributed by atoms with Crippen LogP contribution in [0.5, 0.6) is 0 Å². The highest BCUT2D eigenvalue weighted by molar-refractivity contribution is 6.04. The molecule has 3 aromatic heterocycles. The number of hydrogen-bond donors (Lipinski definition) is 2. The average molecular weight is 380 g/mol. The summed E-state index contributed by atoms with van der Waals surface area (Å²) in [5.41, 5.74) is 3.12. The lowest BCUT2D eigenvalue weighted by Gasteiger charge is -2.12. The Labute approximate surface area is 163 Å². The number of carbonyl (C=O) groups excluding carboxylic acids is 1. The standard InChI is InChI=1S/C21H24N4O3/c1-6-13-8-16(12(2)23-19(13)26)14-7-15(11-22-10-14)20(27)24-18-9-17(28-25-18)21(3,4)5/h7-11H,6H2,1-5H3,(H,23,26)(H,24,25,27). The predicted molar refractivity (Wildman–Crippen MR) is 108 cm³/mol. The molecule has 0 radical (unpaired) electrons. The van der Waals surface area contributed by atoms with Crippen molar-refractivity contribution >= 4 is 11.7 Å². The number of amides is 1. The molecule has 7 heteroatoms. The number of anilines is 1. The van der Waals surface area contributed by atoms with E-state index in [1.807, 2.05) is 40.7 Å². The molecule has 0 fully saturated rings. The molecule has 3 heterocycles. The molecule has 0 aliphatic heterocycles. The van der Waals surface area contributed by atoms with Crippen molar-refractivity contribution < 1.29 is 9.32 Å². The lowest BCUT2D eigenvalue weighted by molar-refractivity contribution is 0.102. The Morgan fingerprint density at radius 1 is 1.21 bits per heavy atom. The first kappa shape index (κ1) is 19.5. The van der Waals surface area contributed by atoms with E-state index < -0.39 is 0 Å². The second-order valence-electron chi connectivity index (χ2n) is 7.76. The number of rotatable bonds is 4. The third-order valence-corrected chi connectivity index (χ3v) is 4.50. The summed E-state index contributed by atoms with van der Waals surface area (Å²) in [6.45, 7) is 9.76. The number of nitrogens with one attached hydrogen (secondary N) is 2. The van der Waals surface area contributed by atoms with Gasteiger partial charge in [-0.25, -0.2) is 0 Å². The molecule has 3 rings (SSSR count). The van der Waals surface area contributed by atoms with Crippen molar-refractivity contribution in [2.45, 2.75) is 46.5 Å². The van der Waals surface area contributed by atoms with Crippen molar-refractivity contribution in [3.05, 3.63) is 63.5 Å². The van der Waals surface area contributed by atoms with Gasteiger partial charge in [-0.2, -0.15) is 0 Å². The van der Waals surface area contributed by atoms with Gasteiger partial charge in [-0.1, -0.05) is 32.9 Å². The van der Waals surface area contributed by atoms with Gasteiger partial charge < -0.3 is 14.8 Å². The molecule has 0 aliphatic rings. The molecule has 0 unspecified atom stereocenters. The van der Waals surface area contributed by atoms with E-state index in [9.17, 15) is 9.59 Å². The van der Waals surface area contributed by atoms with Crippen LogP contribution in [0.1, 0.15) is 55.1 Å². The van der Waals surface area contributed by atoms with Crippen molar-refractivity contribution in [1.29, 1.82) is 0 Å². The largest absolute Gasteiger partial charge is 0.359 e. The van der Waals surface area contributed by atoms with Gasteiger partial charge in [0.2, 0.25) is 0 Å². The van der Waals surface area contributed by atoms with E-state index in [2.05, 4.69) is 20.4 Å². The normalized spacial score (nSPS) is 11.5. The molecule has 2 N–H and O–H groups in total. The van der Waals surface area contributed by atoms with E-state index in [4.69, 9.17) is 4.52 Å². The Morgan fingerprint density at radius 3 is 2.61 bits per heavy atom. The quantitative estimate of drug-likeness (QED) is 0.716. The molecule has 0 aliphatic carbocycles. The number of pyridine rings is 2. The number of H-pyrrole nitrogens is 1. The van der Waals surface area contributed by atoms with Crippen LogP contribution in [-0.4, -0.2) is 21.0 Å². The van der Waals surface area contributed by atoms with Crippen LogP contribution in [0.25, 0.3) is 11.1 Å². The Balaban J connectivity index is 1.88. The van der Waals surface area contributed by atoms with E-state index >= 15 is 0 Å². The molecular weight excluding hydrogens is 356 g/mol. The van der Waals surface area contributed by atoms with Gasteiger partial charge in [0.15, 0.2) is 5.82 Å². The maximum Gasteiger partial charge on any atom is 0.258 e. The zero-order valence-electron chi connectivity index (χ0n) is 16.7. The van der Waals surface area contributed by atoms with Crippen LogP contribution in [0.2, 0.25) is 0 Å². The minimum Gasteiger partial charge on any atom is -0.359 e. The molecule has 0 atom stereocenters. The number of aromatic nitrogens is 3. The summed E-state index contributed by atoms with van der Waals surface area (Å²) < 4.78 is 5.30. The maximum absolute atomic E-state index is 12.6. The number of aryl methyl sites for hydroxylation is 2. The smallest absolute Gasteiger partial charge is 0.258 e. The first-order chi connectivity index (χ1) is 13.2. The SMILES string of the molecule is CCc1cc(-c2cncc(C(=O)Nc3cc(C(C)(C)C)on3)c2)c(C)[nH]c1=O. The summed E-state index contributed by atoms with van der Waals surface area (Å²) in [4.78, 5) is 31.6. The van der Waals surface area contributed by atoms with Gasteiger partial charge in [-0.05, 0) is 25.5 Å². The van der Waals surface area contributed by atoms with Crippen molar-refractivity contribution in [3.8, 4) is 11.1 Å². The Hall–Kier alpha value is -3.22. The van der Waals surface area contributed by atoms with E-state index in [1.165, 1.54) is 6.20 Å². The second-order valence-corrected chi connectivity index (χ2v) is 7.76. The van der Waals surface area contributed by atoms with Gasteiger partial charge in [0.05, 0.1) is 5.56 Å². The Bertz CT molecular complexity index is 1070. The van der Waals surface area contributed by atoms with Crippen LogP contribution < -0.4 is 10.9 Å². The lowest BCUT2D eigenvalue weighted by Crippen LogP contribution is -2.14. The monoisotopic (exact) mass is 380 g/mol. The van der Waals surface area contributed by atoms with E-state index in [1.54, 1.807) is 18.3 Å². The van der Waals surface area contributed by atoms with Crippen molar-refractivity contribution in [1.82, 2.24) is 15.1 Å². The van der Waals surface area contributed by atoms with Gasteiger partial charge >= 0.3 is 0 Å². The van der Waals surface area contributed by atoms with E-state index in [0.717, 1.165) is 16.8 Å². The van der Waals surface area contributed by atoms with Gasteiger partial charge in [0, 0.05) is 46.3 Å². The third kappa shape index (κ3) is 4.03. The number of hydrogen-bond acceptors (Lipinski definition) is 5. The van der Waals surface area contributed by atoms with E-state index in [0.29, 0.717) is 29.1 Å². The topological polar surface area (TPSA) is 101 Å². The van der Waals surface area contributed by atoms with Crippen molar-refractivity contribution in [2.24, 2.45) is 0 Å². The van der Waals surface area contributed by atoms with Crippen LogP contribution in [0, 0.1) is 6.92 Å². The van der Waals surface area contributed by atoms with Gasteiger partial charge in [0.1, 0.15) is 5.76 Å². The fourth-order valence-electron chi connectivity index (χ4n) is 2.82. The minimum atomic E-state index is -0.332. The van der Waals surface area contributed by atoms with E-state index in [-0.39, 0.29) is 16.9 Å². The number of carbonyl (C=O) groups is 1. The summed E-state index contributed by atoms with van der Waals surface area (Å²) >= 11 is 0. The summed E-state index contributed by atoms with van der Waals surface area (Å²) in [6.07, 6.45) is 3.79. The maximum atomic E-state index is 12.6. The van der Waals surface area contributed by atoms with Crippen LogP contribution in [0.3, 0.4) is 0 Å². The highest BCUT2D eigenvalue weighted by Gasteiger charge is 2.21. The third-order valence-electron chi connectivity index (χ3n) is 4.50. The summed E-state index contributed by atoms with van der Waals surface area (Å²) in [6, 6.07) is 5.31. The first-order valence-electron chi connectivity index (χ1n) is 9.16. The summed E-state index contributed by atoms with van der Waals surface area (Å²) in [5.74, 6) is 0.709. The molecule has 3 aromatic rings. The van der Waals surface area contributed by atoms with Gasteiger partial charge in [-0.3, -0.25) is 14.6 Å². The summed E-state index contributed by atoms with van der Waals surface area (Å²) in [7, 11) is 0. The second kappa shape index (κ2) is 7.42. The van der Waals surface area contributed by atoms with Crippen LogP contribution in [0.4, 0.5) is 5.82 Å². The van der Waals surface area contributed by atoms with Gasteiger partial charge in [-0.15, -0.1) is 0 Å². The zero-order chi connectivity index (χ0) is 20.5. The van der Waals surface area contributed by atoms with Gasteiger partial charge in [0.25, 0.3) is 11.5 Å². The minimum absolute atomic E-state index is 0.0914. The zero-order valence-corrected chi connectivity index (χ0v) is 16.7. The highest BCUT2D eigenvalue weighted by atomic mass is 16.5. The van der Waals surface area contributed by atoms with Crippen LogP contribution in [-0.2, 0) is 11.8 Å². The van der Waals surface area contributed by atoms with Crippen LogP contribution >= 0.6 is 0 Å². The molecule has 0 bridgehead atoms. The van der Waals surface area contributed by atoms with Crippen molar-refractivity contribution in [2.75, 3.05) is 5.32 Å². The fraction of sp³-hybridized carbons (Fsp3) is 0.333. The van der Waals surface area contributed by atoms with Crippen molar-refractivity contribution in [3.63, 3.8) is 0 Å². The fourth-order valence-corrected chi connectivity index (χ4v) is 2.82. The number of aromatic amines is 1. The Kier molecular flexibility index (Phi) is 5.18. The predicted octanol–water partition coefficient (Wildman–Crippen LogP) is 3.85. The molecular formula is C21H24N4O3. The molecule has 146 valence electrons. The molecule has 0 saturated carbocycles. The molecule has 0 spiro atoms. The first-order valence-corrected chi connectivity index (χ1v) is 9.16. The number of nitrogens with zero attached hydrogens (tertiary/aromatic N) is 2. The molecule has 28 heavy (non-hydrogen) atoms. The molecule has 1 amide bonds. The summed E-state index contributed by atoms with van der Waals surface area (Å²) in [5, 5.41) is 6.64. The average Bonchev–Trinajstić information content (AvgIpc) is 3.11.